The van der Waals surface area contributed by atoms with Crippen LogP contribution in [0, 0.1) is 12.8 Å². The minimum Gasteiger partial charge on any atom is -0.495 e. The van der Waals surface area contributed by atoms with E-state index in [0.29, 0.717) is 11.3 Å². The molecule has 0 bridgehead atoms. The molecule has 1 aromatic carbocycles. The van der Waals surface area contributed by atoms with Gasteiger partial charge in [-0.25, -0.2) is 4.79 Å². The predicted molar refractivity (Wildman–Crippen MR) is 78.3 cm³/mol. The summed E-state index contributed by atoms with van der Waals surface area (Å²) in [4.78, 5) is 12.0. The second-order valence-electron chi connectivity index (χ2n) is 6.46. The van der Waals surface area contributed by atoms with Crippen molar-refractivity contribution in [1.82, 2.24) is 0 Å². The van der Waals surface area contributed by atoms with Crippen LogP contribution in [0.5, 0.6) is 11.5 Å². The Morgan fingerprint density at radius 3 is 2.48 bits per heavy atom. The number of fused-ring (bicyclic) bond motifs is 3. The topological polar surface area (TPSA) is 105 Å². The minimum atomic E-state index is -1.50. The molecule has 2 aliphatic heterocycles. The van der Waals surface area contributed by atoms with Gasteiger partial charge in [0.1, 0.15) is 17.1 Å². The third kappa shape index (κ3) is 2.19. The van der Waals surface area contributed by atoms with Gasteiger partial charge < -0.3 is 29.5 Å². The van der Waals surface area contributed by atoms with Gasteiger partial charge in [-0.15, -0.1) is 0 Å². The zero-order valence-corrected chi connectivity index (χ0v) is 13.4. The van der Waals surface area contributed by atoms with Crippen LogP contribution >= 0.6 is 0 Å². The van der Waals surface area contributed by atoms with E-state index in [-0.39, 0.29) is 29.0 Å². The number of rotatable bonds is 2. The average Bonchev–Trinajstić information content (AvgIpc) is 2.73. The molecule has 2 aliphatic rings. The van der Waals surface area contributed by atoms with Crippen LogP contribution in [-0.4, -0.2) is 40.6 Å². The lowest BCUT2D eigenvalue weighted by molar-refractivity contribution is -0.0826. The number of ether oxygens (including phenoxy) is 3. The maximum absolute atomic E-state index is 12.0. The number of hydrogen-bond donors (Lipinski definition) is 3. The molecule has 1 aromatic rings. The molecule has 126 valence electrons. The van der Waals surface area contributed by atoms with E-state index in [1.165, 1.54) is 7.11 Å². The molecule has 0 saturated heterocycles. The molecule has 23 heavy (non-hydrogen) atoms. The van der Waals surface area contributed by atoms with Gasteiger partial charge in [0.15, 0.2) is 0 Å². The molecule has 0 aliphatic carbocycles. The average molecular weight is 324 g/mol. The summed E-state index contributed by atoms with van der Waals surface area (Å²) in [6.07, 6.45) is -2.61. The summed E-state index contributed by atoms with van der Waals surface area (Å²) in [6, 6.07) is 0. The summed E-state index contributed by atoms with van der Waals surface area (Å²) < 4.78 is 15.9. The second-order valence-corrected chi connectivity index (χ2v) is 6.46. The van der Waals surface area contributed by atoms with E-state index < -0.39 is 29.9 Å². The van der Waals surface area contributed by atoms with E-state index in [2.05, 4.69) is 0 Å². The summed E-state index contributed by atoms with van der Waals surface area (Å²) in [5.74, 6) is -0.720. The fraction of sp³-hybridized carbons (Fsp3) is 0.562. The van der Waals surface area contributed by atoms with E-state index in [1.54, 1.807) is 20.8 Å². The van der Waals surface area contributed by atoms with Gasteiger partial charge in [0.2, 0.25) is 6.29 Å². The molecule has 0 saturated carbocycles. The summed E-state index contributed by atoms with van der Waals surface area (Å²) in [6.45, 7) is 4.95. The van der Waals surface area contributed by atoms with E-state index in [0.717, 1.165) is 0 Å². The Balaban J connectivity index is 2.28. The van der Waals surface area contributed by atoms with Gasteiger partial charge in [-0.2, -0.15) is 0 Å². The quantitative estimate of drug-likeness (QED) is 0.696. The lowest BCUT2D eigenvalue weighted by Crippen LogP contribution is -2.42. The van der Waals surface area contributed by atoms with Crippen LogP contribution in [0.2, 0.25) is 0 Å². The molecule has 0 radical (unpaired) electrons. The third-order valence-corrected chi connectivity index (χ3v) is 4.58. The Morgan fingerprint density at radius 2 is 1.91 bits per heavy atom. The number of cyclic esters (lactones) is 1. The Hall–Kier alpha value is -1.83. The second kappa shape index (κ2) is 5.09. The first-order valence-electron chi connectivity index (χ1n) is 7.35. The monoisotopic (exact) mass is 324 g/mol. The van der Waals surface area contributed by atoms with Gasteiger partial charge in [0.25, 0.3) is 0 Å². The highest BCUT2D eigenvalue weighted by Crippen LogP contribution is 2.51. The van der Waals surface area contributed by atoms with Crippen LogP contribution in [0.1, 0.15) is 53.3 Å². The van der Waals surface area contributed by atoms with E-state index >= 15 is 0 Å². The largest absolute Gasteiger partial charge is 0.495 e. The number of carbonyl (C=O) groups excluding carboxylic acids is 1. The third-order valence-electron chi connectivity index (χ3n) is 4.58. The van der Waals surface area contributed by atoms with Crippen molar-refractivity contribution in [2.24, 2.45) is 5.92 Å². The van der Waals surface area contributed by atoms with Crippen molar-refractivity contribution in [2.45, 2.75) is 38.8 Å². The van der Waals surface area contributed by atoms with Crippen molar-refractivity contribution in [2.75, 3.05) is 13.7 Å². The Labute approximate surface area is 133 Å². The number of benzene rings is 1. The molecule has 0 spiro atoms. The van der Waals surface area contributed by atoms with Crippen LogP contribution < -0.4 is 9.47 Å². The van der Waals surface area contributed by atoms with Gasteiger partial charge in [0.05, 0.1) is 31.3 Å². The molecule has 0 aromatic heterocycles. The first-order valence-corrected chi connectivity index (χ1v) is 7.35. The fourth-order valence-corrected chi connectivity index (χ4v) is 3.34. The number of methoxy groups -OCH3 is 1. The van der Waals surface area contributed by atoms with Crippen molar-refractivity contribution >= 4 is 5.97 Å². The summed E-state index contributed by atoms with van der Waals surface area (Å²) in [5, 5.41) is 31.1. The van der Waals surface area contributed by atoms with E-state index in [4.69, 9.17) is 14.2 Å². The molecule has 0 unspecified atom stereocenters. The zero-order chi connectivity index (χ0) is 17.1. The molecule has 7 nitrogen and oxygen atoms in total. The first kappa shape index (κ1) is 16.0. The van der Waals surface area contributed by atoms with Crippen LogP contribution in [-0.2, 0) is 4.74 Å². The molecule has 0 amide bonds. The highest BCUT2D eigenvalue weighted by Gasteiger charge is 2.47. The Bertz CT molecular complexity index is 674. The molecule has 2 heterocycles. The molecule has 3 rings (SSSR count). The smallest absolute Gasteiger partial charge is 0.345 e. The van der Waals surface area contributed by atoms with Crippen LogP contribution in [0.25, 0.3) is 0 Å². The highest BCUT2D eigenvalue weighted by molar-refractivity contribution is 5.98. The number of aliphatic hydroxyl groups excluding tert-OH is 2. The van der Waals surface area contributed by atoms with Crippen LogP contribution in [0.15, 0.2) is 0 Å². The number of esters is 1. The van der Waals surface area contributed by atoms with Crippen molar-refractivity contribution < 1.29 is 34.3 Å². The van der Waals surface area contributed by atoms with Crippen LogP contribution in [0.4, 0.5) is 0 Å². The van der Waals surface area contributed by atoms with Gasteiger partial charge in [-0.1, -0.05) is 0 Å². The highest BCUT2D eigenvalue weighted by atomic mass is 16.6. The van der Waals surface area contributed by atoms with Gasteiger partial charge in [-0.05, 0) is 20.8 Å². The minimum absolute atomic E-state index is 0.0929. The first-order chi connectivity index (χ1) is 10.7. The molecular weight excluding hydrogens is 304 g/mol. The SMILES string of the molecule is COc1c(C)c2c(c3c1C(=O)O[C@@H]3O)[C@H](O)[C@H](C(C)(C)O)CO2. The van der Waals surface area contributed by atoms with Crippen molar-refractivity contribution in [3.05, 3.63) is 22.3 Å². The maximum Gasteiger partial charge on any atom is 0.345 e. The lowest BCUT2D eigenvalue weighted by Gasteiger charge is -2.39. The molecular formula is C16H20O7. The van der Waals surface area contributed by atoms with Crippen LogP contribution in [0.3, 0.4) is 0 Å². The van der Waals surface area contributed by atoms with E-state index in [1.807, 2.05) is 0 Å². The Kier molecular flexibility index (Phi) is 3.55. The normalized spacial score (nSPS) is 26.2. The maximum atomic E-state index is 12.0. The molecule has 3 N–H and O–H groups in total. The summed E-state index contributed by atoms with van der Waals surface area (Å²) in [5.41, 5.74) is -0.147. The molecule has 0 fully saturated rings. The number of carbonyl (C=O) groups is 1. The van der Waals surface area contributed by atoms with E-state index in [9.17, 15) is 20.1 Å². The van der Waals surface area contributed by atoms with Gasteiger partial charge in [-0.3, -0.25) is 0 Å². The number of aliphatic hydroxyl groups is 3. The Morgan fingerprint density at radius 1 is 1.26 bits per heavy atom. The lowest BCUT2D eigenvalue weighted by atomic mass is 9.79. The summed E-state index contributed by atoms with van der Waals surface area (Å²) >= 11 is 0. The fourth-order valence-electron chi connectivity index (χ4n) is 3.34. The molecule has 3 atom stereocenters. The van der Waals surface area contributed by atoms with Gasteiger partial charge >= 0.3 is 5.97 Å². The zero-order valence-electron chi connectivity index (χ0n) is 13.4. The van der Waals surface area contributed by atoms with Gasteiger partial charge in [0, 0.05) is 16.7 Å². The van der Waals surface area contributed by atoms with Crippen molar-refractivity contribution in [3.63, 3.8) is 0 Å². The van der Waals surface area contributed by atoms with Crippen molar-refractivity contribution in [3.8, 4) is 11.5 Å². The van der Waals surface area contributed by atoms with Crippen molar-refractivity contribution in [1.29, 1.82) is 0 Å². The standard InChI is InChI=1S/C16H20O7/c1-6-12(21-4)10-8(14(18)23-15(10)19)9-11(17)7(16(2,3)20)5-22-13(6)9/h7,11,14,17-18,20H,5H2,1-4H3/t7-,11-,14+/m1/s1. The predicted octanol–water partition coefficient (Wildman–Crippen LogP) is 0.978. The number of hydrogen-bond acceptors (Lipinski definition) is 7. The summed E-state index contributed by atoms with van der Waals surface area (Å²) in [7, 11) is 1.41. The molecule has 7 heteroatoms.